The molecule has 3 atom stereocenters. The molecule has 9 nitrogen and oxygen atoms in total. The summed E-state index contributed by atoms with van der Waals surface area (Å²) in [5.41, 5.74) is 1.16. The van der Waals surface area contributed by atoms with Crippen LogP contribution in [-0.2, 0) is 9.53 Å². The Kier molecular flexibility index (Phi) is 9.37. The number of methoxy groups -OCH3 is 1. The number of alkyl halides is 1. The molecule has 0 radical (unpaired) electrons. The van der Waals surface area contributed by atoms with Crippen molar-refractivity contribution in [2.45, 2.75) is 30.7 Å². The third-order valence-electron chi connectivity index (χ3n) is 6.56. The highest BCUT2D eigenvalue weighted by Gasteiger charge is 2.35. The molecular formula is C28H29Cl2N3O6. The maximum absolute atomic E-state index is 13.3. The van der Waals surface area contributed by atoms with E-state index in [-0.39, 0.29) is 41.8 Å². The van der Waals surface area contributed by atoms with E-state index in [0.717, 1.165) is 0 Å². The van der Waals surface area contributed by atoms with Gasteiger partial charge in [-0.15, -0.1) is 11.6 Å². The number of benzene rings is 2. The number of halogens is 2. The maximum Gasteiger partial charge on any atom is 0.335 e. The van der Waals surface area contributed by atoms with Gasteiger partial charge in [0.2, 0.25) is 5.91 Å². The first-order valence-electron chi connectivity index (χ1n) is 12.4. The molecule has 1 unspecified atom stereocenters. The summed E-state index contributed by atoms with van der Waals surface area (Å²) in [6.45, 7) is 0.671. The number of nitrogens with one attached hydrogen (secondary N) is 2. The average Bonchev–Trinajstić information content (AvgIpc) is 3.30. The van der Waals surface area contributed by atoms with E-state index in [2.05, 4.69) is 10.6 Å². The predicted octanol–water partition coefficient (Wildman–Crippen LogP) is 5.27. The second-order valence-electron chi connectivity index (χ2n) is 9.30. The van der Waals surface area contributed by atoms with Crippen molar-refractivity contribution in [1.29, 1.82) is 0 Å². The molecule has 2 aromatic carbocycles. The zero-order valence-electron chi connectivity index (χ0n) is 21.2. The zero-order valence-corrected chi connectivity index (χ0v) is 22.7. The molecule has 3 N–H and O–H groups in total. The molecule has 11 heteroatoms. The molecule has 1 aliphatic heterocycles. The first kappa shape index (κ1) is 28.3. The monoisotopic (exact) mass is 573 g/mol. The van der Waals surface area contributed by atoms with Crippen LogP contribution in [0.25, 0.3) is 0 Å². The fourth-order valence-electron chi connectivity index (χ4n) is 4.58. The molecule has 1 fully saturated rings. The van der Waals surface area contributed by atoms with Gasteiger partial charge in [-0.25, -0.2) is 9.59 Å². The third-order valence-corrected chi connectivity index (χ3v) is 7.21. The number of rotatable bonds is 9. The number of carbonyl (C=O) groups is 3. The molecule has 0 saturated carbocycles. The largest absolute Gasteiger partial charge is 0.499 e. The molecule has 4 rings (SSSR count). The lowest BCUT2D eigenvalue weighted by molar-refractivity contribution is -0.133. The quantitative estimate of drug-likeness (QED) is 0.352. The smallest absolute Gasteiger partial charge is 0.335 e. The van der Waals surface area contributed by atoms with Crippen LogP contribution in [0.3, 0.4) is 0 Å². The van der Waals surface area contributed by atoms with Gasteiger partial charge in [0, 0.05) is 19.4 Å². The number of aromatic carboxylic acids is 1. The van der Waals surface area contributed by atoms with Gasteiger partial charge in [-0.3, -0.25) is 4.79 Å². The van der Waals surface area contributed by atoms with Crippen LogP contribution in [0.5, 0.6) is 5.75 Å². The number of carboxylic acids is 1. The minimum atomic E-state index is -1.01. The third kappa shape index (κ3) is 7.46. The van der Waals surface area contributed by atoms with Gasteiger partial charge < -0.3 is 30.1 Å². The number of para-hydroxylation sites is 1. The number of carbonyl (C=O) groups excluding carboxylic acids is 2. The Morgan fingerprint density at radius 3 is 2.54 bits per heavy atom. The summed E-state index contributed by atoms with van der Waals surface area (Å²) in [7, 11) is 1.52. The summed E-state index contributed by atoms with van der Waals surface area (Å²) >= 11 is 12.5. The van der Waals surface area contributed by atoms with Gasteiger partial charge in [-0.05, 0) is 54.8 Å². The van der Waals surface area contributed by atoms with Crippen LogP contribution >= 0.6 is 23.2 Å². The van der Waals surface area contributed by atoms with E-state index in [1.165, 1.54) is 19.2 Å². The van der Waals surface area contributed by atoms with Crippen molar-refractivity contribution in [3.8, 4) is 5.75 Å². The highest BCUT2D eigenvalue weighted by molar-refractivity contribution is 6.33. The Morgan fingerprint density at radius 2 is 1.85 bits per heavy atom. The fourth-order valence-corrected chi connectivity index (χ4v) is 5.11. The average molecular weight is 574 g/mol. The molecule has 2 aliphatic rings. The van der Waals surface area contributed by atoms with Crippen molar-refractivity contribution in [1.82, 2.24) is 10.2 Å². The molecule has 2 aromatic rings. The number of hydrogen-bond acceptors (Lipinski definition) is 5. The lowest BCUT2D eigenvalue weighted by Gasteiger charge is -2.27. The molecule has 39 heavy (non-hydrogen) atoms. The van der Waals surface area contributed by atoms with Crippen LogP contribution in [-0.4, -0.2) is 59.6 Å². The van der Waals surface area contributed by atoms with Crippen LogP contribution in [0.1, 0.15) is 29.6 Å². The van der Waals surface area contributed by atoms with Crippen molar-refractivity contribution in [2.24, 2.45) is 5.92 Å². The summed E-state index contributed by atoms with van der Waals surface area (Å²) in [6.07, 6.45) is 4.90. The van der Waals surface area contributed by atoms with Crippen molar-refractivity contribution in [3.63, 3.8) is 0 Å². The van der Waals surface area contributed by atoms with Crippen molar-refractivity contribution in [2.75, 3.05) is 25.6 Å². The van der Waals surface area contributed by atoms with Gasteiger partial charge in [0.15, 0.2) is 0 Å². The summed E-state index contributed by atoms with van der Waals surface area (Å²) in [6, 6.07) is 12.4. The zero-order chi connectivity index (χ0) is 27.9. The van der Waals surface area contributed by atoms with Gasteiger partial charge in [0.1, 0.15) is 18.1 Å². The highest BCUT2D eigenvalue weighted by atomic mass is 35.5. The van der Waals surface area contributed by atoms with Gasteiger partial charge in [0.05, 0.1) is 40.5 Å². The number of allylic oxidation sites excluding steroid dienone is 3. The first-order chi connectivity index (χ1) is 18.7. The molecule has 1 saturated heterocycles. The standard InChI is InChI=1S/C28H29Cl2N3O6/c1-38-25-12-17(6-11-24(25)32-28(37)31-23-5-3-2-4-22(23)30)13-26(34)33-15-19(29)14-20(33)16-39-21-9-7-18(8-10-21)27(35)36/h2-11,17,19-20H,12-16H2,1H3,(H,35,36)(H2,31,32,37)/t17?,19-,20-/m0/s1. The number of carboxylic acid groups (broad SMARTS) is 1. The fraction of sp³-hybridized carbons (Fsp3) is 0.321. The highest BCUT2D eigenvalue weighted by Crippen LogP contribution is 2.30. The van der Waals surface area contributed by atoms with Crippen molar-refractivity contribution in [3.05, 3.63) is 82.7 Å². The molecule has 206 valence electrons. The number of anilines is 1. The predicted molar refractivity (Wildman–Crippen MR) is 148 cm³/mol. The topological polar surface area (TPSA) is 117 Å². The molecule has 1 aliphatic carbocycles. The number of nitrogens with zero attached hydrogens (tertiary/aromatic N) is 1. The SMILES string of the molecule is COC1=C(NC(=O)Nc2ccccc2Cl)C=CC(CC(=O)N2C[C@@H](Cl)C[C@H]2COc2ccc(C(=O)O)cc2)C1. The van der Waals surface area contributed by atoms with Gasteiger partial charge in [-0.2, -0.15) is 0 Å². The van der Waals surface area contributed by atoms with Crippen molar-refractivity contribution < 1.29 is 29.0 Å². The van der Waals surface area contributed by atoms with E-state index in [1.807, 2.05) is 6.08 Å². The van der Waals surface area contributed by atoms with Crippen molar-refractivity contribution >= 4 is 46.8 Å². The second kappa shape index (κ2) is 12.9. The molecule has 0 bridgehead atoms. The lowest BCUT2D eigenvalue weighted by atomic mass is 9.93. The van der Waals surface area contributed by atoms with Crippen LogP contribution < -0.4 is 15.4 Å². The van der Waals surface area contributed by atoms with Crippen LogP contribution in [0, 0.1) is 5.92 Å². The summed E-state index contributed by atoms with van der Waals surface area (Å²) in [5.74, 6) is -0.0965. The normalized spacial score (nSPS) is 20.5. The molecule has 0 spiro atoms. The van der Waals surface area contributed by atoms with E-state index < -0.39 is 12.0 Å². The minimum absolute atomic E-state index is 0.0500. The molecular weight excluding hydrogens is 545 g/mol. The van der Waals surface area contributed by atoms with Crippen LogP contribution in [0.2, 0.25) is 5.02 Å². The van der Waals surface area contributed by atoms with Crippen LogP contribution in [0.4, 0.5) is 10.5 Å². The Bertz CT molecular complexity index is 1280. The second-order valence-corrected chi connectivity index (χ2v) is 10.3. The van der Waals surface area contributed by atoms with E-state index in [1.54, 1.807) is 47.4 Å². The van der Waals surface area contributed by atoms with E-state index >= 15 is 0 Å². The summed E-state index contributed by atoms with van der Waals surface area (Å²) < 4.78 is 11.4. The molecule has 1 heterocycles. The van der Waals surface area contributed by atoms with E-state index in [4.69, 9.17) is 37.8 Å². The maximum atomic E-state index is 13.3. The van der Waals surface area contributed by atoms with E-state index in [9.17, 15) is 14.4 Å². The minimum Gasteiger partial charge on any atom is -0.499 e. The first-order valence-corrected chi connectivity index (χ1v) is 13.2. The number of likely N-dealkylation sites (tertiary alicyclic amines) is 1. The van der Waals surface area contributed by atoms with Crippen LogP contribution in [0.15, 0.2) is 72.1 Å². The number of urea groups is 1. The Hall–Kier alpha value is -3.69. The lowest BCUT2D eigenvalue weighted by Crippen LogP contribution is -2.40. The van der Waals surface area contributed by atoms with Gasteiger partial charge >= 0.3 is 12.0 Å². The molecule has 3 amide bonds. The Labute approximate surface area is 236 Å². The molecule has 0 aromatic heterocycles. The number of ether oxygens (including phenoxy) is 2. The van der Waals surface area contributed by atoms with Gasteiger partial charge in [0.25, 0.3) is 0 Å². The summed E-state index contributed by atoms with van der Waals surface area (Å²) in [5, 5.41) is 14.8. The number of hydrogen-bond donors (Lipinski definition) is 3. The Morgan fingerprint density at radius 1 is 1.10 bits per heavy atom. The number of amides is 3. The summed E-state index contributed by atoms with van der Waals surface area (Å²) in [4.78, 5) is 38.5. The Balaban J connectivity index is 1.32. The van der Waals surface area contributed by atoms with E-state index in [0.29, 0.717) is 47.3 Å². The van der Waals surface area contributed by atoms with Gasteiger partial charge in [-0.1, -0.05) is 29.8 Å².